The van der Waals surface area contributed by atoms with Crippen LogP contribution in [0.1, 0.15) is 6.42 Å². The van der Waals surface area contributed by atoms with E-state index in [9.17, 15) is 0 Å². The molecule has 0 amide bonds. The Labute approximate surface area is 102 Å². The summed E-state index contributed by atoms with van der Waals surface area (Å²) in [5, 5.41) is 3.46. The SMILES string of the molecule is COc1ccc(NC(CN)C2CCOC2)cc1. The largest absolute Gasteiger partial charge is 0.497 e. The molecule has 94 valence electrons. The van der Waals surface area contributed by atoms with Crippen molar-refractivity contribution < 1.29 is 9.47 Å². The maximum atomic E-state index is 5.81. The fraction of sp³-hybridized carbons (Fsp3) is 0.538. The third-order valence-corrected chi connectivity index (χ3v) is 3.23. The van der Waals surface area contributed by atoms with Crippen molar-refractivity contribution in [3.8, 4) is 5.75 Å². The molecule has 1 aromatic carbocycles. The molecule has 1 aliphatic heterocycles. The first-order valence-electron chi connectivity index (χ1n) is 6.02. The maximum absolute atomic E-state index is 5.81. The highest BCUT2D eigenvalue weighted by Crippen LogP contribution is 2.21. The Morgan fingerprint density at radius 2 is 2.24 bits per heavy atom. The Hall–Kier alpha value is -1.26. The molecule has 3 N–H and O–H groups in total. The second-order valence-corrected chi connectivity index (χ2v) is 4.34. The molecule has 2 atom stereocenters. The molecular weight excluding hydrogens is 216 g/mol. The third kappa shape index (κ3) is 3.11. The van der Waals surface area contributed by atoms with E-state index < -0.39 is 0 Å². The van der Waals surface area contributed by atoms with Crippen LogP contribution in [0.4, 0.5) is 5.69 Å². The van der Waals surface area contributed by atoms with Crippen LogP contribution in [0, 0.1) is 5.92 Å². The first kappa shape index (κ1) is 12.2. The average molecular weight is 236 g/mol. The smallest absolute Gasteiger partial charge is 0.119 e. The summed E-state index contributed by atoms with van der Waals surface area (Å²) in [5.41, 5.74) is 6.89. The highest BCUT2D eigenvalue weighted by Gasteiger charge is 2.24. The van der Waals surface area contributed by atoms with Gasteiger partial charge in [0, 0.05) is 30.8 Å². The van der Waals surface area contributed by atoms with Gasteiger partial charge in [-0.05, 0) is 30.7 Å². The molecule has 1 fully saturated rings. The normalized spacial score (nSPS) is 21.2. The van der Waals surface area contributed by atoms with Crippen molar-refractivity contribution in [3.63, 3.8) is 0 Å². The van der Waals surface area contributed by atoms with Gasteiger partial charge in [-0.25, -0.2) is 0 Å². The summed E-state index contributed by atoms with van der Waals surface area (Å²) in [6.45, 7) is 2.29. The van der Waals surface area contributed by atoms with Gasteiger partial charge < -0.3 is 20.5 Å². The van der Waals surface area contributed by atoms with Crippen LogP contribution in [0.2, 0.25) is 0 Å². The molecule has 2 rings (SSSR count). The van der Waals surface area contributed by atoms with Gasteiger partial charge in [0.25, 0.3) is 0 Å². The van der Waals surface area contributed by atoms with E-state index >= 15 is 0 Å². The van der Waals surface area contributed by atoms with Gasteiger partial charge in [-0.1, -0.05) is 0 Å². The summed E-state index contributed by atoms with van der Waals surface area (Å²) in [4.78, 5) is 0. The van der Waals surface area contributed by atoms with E-state index in [4.69, 9.17) is 15.2 Å². The molecule has 0 bridgehead atoms. The zero-order valence-electron chi connectivity index (χ0n) is 10.2. The Bertz CT molecular complexity index is 334. The molecule has 17 heavy (non-hydrogen) atoms. The van der Waals surface area contributed by atoms with E-state index in [1.807, 2.05) is 24.3 Å². The molecule has 0 aliphatic carbocycles. The molecule has 4 nitrogen and oxygen atoms in total. The number of nitrogens with two attached hydrogens (primary N) is 1. The van der Waals surface area contributed by atoms with Crippen LogP contribution in [0.25, 0.3) is 0 Å². The molecule has 1 heterocycles. The van der Waals surface area contributed by atoms with Crippen LogP contribution in [0.15, 0.2) is 24.3 Å². The van der Waals surface area contributed by atoms with E-state index in [-0.39, 0.29) is 6.04 Å². The molecule has 1 saturated heterocycles. The zero-order chi connectivity index (χ0) is 12.1. The van der Waals surface area contributed by atoms with Crippen LogP contribution in [-0.4, -0.2) is 32.9 Å². The van der Waals surface area contributed by atoms with Gasteiger partial charge in [-0.2, -0.15) is 0 Å². The standard InChI is InChI=1S/C13H20N2O2/c1-16-12-4-2-11(3-5-12)15-13(8-14)10-6-7-17-9-10/h2-5,10,13,15H,6-9,14H2,1H3. The van der Waals surface area contributed by atoms with E-state index in [0.717, 1.165) is 31.1 Å². The fourth-order valence-electron chi connectivity index (χ4n) is 2.14. The summed E-state index contributed by atoms with van der Waals surface area (Å²) >= 11 is 0. The third-order valence-electron chi connectivity index (χ3n) is 3.23. The van der Waals surface area contributed by atoms with Gasteiger partial charge in [0.2, 0.25) is 0 Å². The Balaban J connectivity index is 1.96. The molecule has 4 heteroatoms. The van der Waals surface area contributed by atoms with Gasteiger partial charge in [-0.15, -0.1) is 0 Å². The summed E-state index contributed by atoms with van der Waals surface area (Å²) in [7, 11) is 1.67. The van der Waals surface area contributed by atoms with Crippen molar-refractivity contribution in [1.29, 1.82) is 0 Å². The number of anilines is 1. The second kappa shape index (κ2) is 5.89. The van der Waals surface area contributed by atoms with Crippen molar-refractivity contribution in [2.24, 2.45) is 11.7 Å². The number of hydrogen-bond acceptors (Lipinski definition) is 4. The number of hydrogen-bond donors (Lipinski definition) is 2. The minimum atomic E-state index is 0.283. The predicted octanol–water partition coefficient (Wildman–Crippen LogP) is 1.47. The van der Waals surface area contributed by atoms with Gasteiger partial charge in [-0.3, -0.25) is 0 Å². The zero-order valence-corrected chi connectivity index (χ0v) is 10.2. The van der Waals surface area contributed by atoms with Crippen molar-refractivity contribution >= 4 is 5.69 Å². The number of nitrogens with one attached hydrogen (secondary N) is 1. The van der Waals surface area contributed by atoms with Crippen LogP contribution in [-0.2, 0) is 4.74 Å². The lowest BCUT2D eigenvalue weighted by atomic mass is 9.99. The molecule has 0 saturated carbocycles. The quantitative estimate of drug-likeness (QED) is 0.813. The molecular formula is C13H20N2O2. The van der Waals surface area contributed by atoms with Crippen LogP contribution >= 0.6 is 0 Å². The Morgan fingerprint density at radius 1 is 1.47 bits per heavy atom. The van der Waals surface area contributed by atoms with E-state index in [2.05, 4.69) is 5.32 Å². The first-order chi connectivity index (χ1) is 8.33. The van der Waals surface area contributed by atoms with Crippen molar-refractivity contribution in [1.82, 2.24) is 0 Å². The van der Waals surface area contributed by atoms with Crippen LogP contribution in [0.3, 0.4) is 0 Å². The van der Waals surface area contributed by atoms with Crippen LogP contribution in [0.5, 0.6) is 5.75 Å². The minimum absolute atomic E-state index is 0.283. The minimum Gasteiger partial charge on any atom is -0.497 e. The monoisotopic (exact) mass is 236 g/mol. The van der Waals surface area contributed by atoms with Crippen LogP contribution < -0.4 is 15.8 Å². The number of ether oxygens (including phenoxy) is 2. The molecule has 0 spiro atoms. The highest BCUT2D eigenvalue weighted by molar-refractivity contribution is 5.47. The summed E-state index contributed by atoms with van der Waals surface area (Å²) < 4.78 is 10.5. The summed E-state index contributed by atoms with van der Waals surface area (Å²) in [5.74, 6) is 1.38. The maximum Gasteiger partial charge on any atom is 0.119 e. The topological polar surface area (TPSA) is 56.5 Å². The summed E-state index contributed by atoms with van der Waals surface area (Å²) in [6.07, 6.45) is 1.09. The van der Waals surface area contributed by atoms with E-state index in [0.29, 0.717) is 12.5 Å². The fourth-order valence-corrected chi connectivity index (χ4v) is 2.14. The van der Waals surface area contributed by atoms with Gasteiger partial charge in [0.05, 0.1) is 13.7 Å². The van der Waals surface area contributed by atoms with Crippen molar-refractivity contribution in [2.45, 2.75) is 12.5 Å². The lowest BCUT2D eigenvalue weighted by Gasteiger charge is -2.23. The summed E-state index contributed by atoms with van der Waals surface area (Å²) in [6, 6.07) is 8.20. The van der Waals surface area contributed by atoms with Gasteiger partial charge in [0.15, 0.2) is 0 Å². The molecule has 0 radical (unpaired) electrons. The molecule has 1 aromatic rings. The van der Waals surface area contributed by atoms with Gasteiger partial charge in [0.1, 0.15) is 5.75 Å². The van der Waals surface area contributed by atoms with Crippen molar-refractivity contribution in [2.75, 3.05) is 32.2 Å². The molecule has 1 aliphatic rings. The molecule has 0 aromatic heterocycles. The first-order valence-corrected chi connectivity index (χ1v) is 6.02. The molecule has 2 unspecified atom stereocenters. The van der Waals surface area contributed by atoms with Crippen molar-refractivity contribution in [3.05, 3.63) is 24.3 Å². The van der Waals surface area contributed by atoms with Gasteiger partial charge >= 0.3 is 0 Å². The number of rotatable bonds is 5. The van der Waals surface area contributed by atoms with E-state index in [1.54, 1.807) is 7.11 Å². The number of benzene rings is 1. The second-order valence-electron chi connectivity index (χ2n) is 4.34. The number of methoxy groups -OCH3 is 1. The lowest BCUT2D eigenvalue weighted by Crippen LogP contribution is -2.36. The average Bonchev–Trinajstić information content (AvgIpc) is 2.90. The van der Waals surface area contributed by atoms with E-state index in [1.165, 1.54) is 0 Å². The lowest BCUT2D eigenvalue weighted by molar-refractivity contribution is 0.182. The Morgan fingerprint density at radius 3 is 2.76 bits per heavy atom. The highest BCUT2D eigenvalue weighted by atomic mass is 16.5. The Kier molecular flexibility index (Phi) is 4.23. The predicted molar refractivity (Wildman–Crippen MR) is 68.4 cm³/mol.